The molecule has 1 saturated carbocycles. The molecule has 2 rings (SSSR count). The Morgan fingerprint density at radius 2 is 1.94 bits per heavy atom. The van der Waals surface area contributed by atoms with Crippen LogP contribution in [0.4, 0.5) is 8.78 Å². The van der Waals surface area contributed by atoms with Crippen molar-refractivity contribution in [2.24, 2.45) is 0 Å². The summed E-state index contributed by atoms with van der Waals surface area (Å²) in [7, 11) is 0. The maximum Gasteiger partial charge on any atom is 0.145 e. The number of hydrogen-bond acceptors (Lipinski definition) is 1. The Morgan fingerprint density at radius 3 is 2.62 bits per heavy atom. The van der Waals surface area contributed by atoms with Crippen LogP contribution in [0.3, 0.4) is 0 Å². The lowest BCUT2D eigenvalue weighted by molar-refractivity contribution is 0.0423. The molecule has 0 spiro atoms. The van der Waals surface area contributed by atoms with Gasteiger partial charge in [0, 0.05) is 0 Å². The number of benzene rings is 1. The van der Waals surface area contributed by atoms with Crippen molar-refractivity contribution in [1.29, 1.82) is 0 Å². The van der Waals surface area contributed by atoms with Crippen molar-refractivity contribution in [3.05, 3.63) is 33.8 Å². The minimum absolute atomic E-state index is 0.0151. The molecule has 0 unspecified atom stereocenters. The summed E-state index contributed by atoms with van der Waals surface area (Å²) in [5.74, 6) is -1.10. The van der Waals surface area contributed by atoms with E-state index < -0.39 is 11.6 Å². The Labute approximate surface area is 102 Å². The fourth-order valence-corrected chi connectivity index (χ4v) is 2.33. The second-order valence-corrected chi connectivity index (χ2v) is 4.89. The highest BCUT2D eigenvalue weighted by Gasteiger charge is 2.18. The van der Waals surface area contributed by atoms with Crippen LogP contribution < -0.4 is 0 Å². The van der Waals surface area contributed by atoms with E-state index in [0.29, 0.717) is 0 Å². The van der Waals surface area contributed by atoms with Crippen LogP contribution in [-0.2, 0) is 11.3 Å². The van der Waals surface area contributed by atoms with Crippen molar-refractivity contribution in [2.75, 3.05) is 0 Å². The summed E-state index contributed by atoms with van der Waals surface area (Å²) in [5.41, 5.74) is 0.0151. The summed E-state index contributed by atoms with van der Waals surface area (Å²) in [4.78, 5) is 0. The van der Waals surface area contributed by atoms with Crippen LogP contribution in [0.15, 0.2) is 16.6 Å². The van der Waals surface area contributed by atoms with Gasteiger partial charge in [0.1, 0.15) is 11.6 Å². The second-order valence-electron chi connectivity index (χ2n) is 4.04. The van der Waals surface area contributed by atoms with E-state index in [1.807, 2.05) is 0 Å². The summed E-state index contributed by atoms with van der Waals surface area (Å²) < 4.78 is 32.7. The zero-order valence-corrected chi connectivity index (χ0v) is 10.4. The van der Waals surface area contributed by atoms with Crippen LogP contribution in [0.25, 0.3) is 0 Å². The molecule has 1 nitrogen and oxygen atoms in total. The standard InChI is InChI=1S/C12H13BrF2O/c13-10-5-6-11(14)9(12(10)15)7-16-8-3-1-2-4-8/h5-6,8H,1-4,7H2. The molecule has 1 aromatic carbocycles. The van der Waals surface area contributed by atoms with Crippen LogP contribution in [0.1, 0.15) is 31.2 Å². The van der Waals surface area contributed by atoms with Crippen molar-refractivity contribution in [3.63, 3.8) is 0 Å². The highest BCUT2D eigenvalue weighted by Crippen LogP contribution is 2.25. The zero-order valence-electron chi connectivity index (χ0n) is 8.81. The predicted molar refractivity (Wildman–Crippen MR) is 61.1 cm³/mol. The molecule has 1 aliphatic carbocycles. The van der Waals surface area contributed by atoms with Gasteiger partial charge in [0.15, 0.2) is 0 Å². The van der Waals surface area contributed by atoms with Crippen molar-refractivity contribution in [3.8, 4) is 0 Å². The third-order valence-corrected chi connectivity index (χ3v) is 3.52. The fourth-order valence-electron chi connectivity index (χ4n) is 1.96. The predicted octanol–water partition coefficient (Wildman–Crippen LogP) is 4.19. The van der Waals surface area contributed by atoms with Crippen LogP contribution >= 0.6 is 15.9 Å². The SMILES string of the molecule is Fc1ccc(Br)c(F)c1COC1CCCC1. The number of rotatable bonds is 3. The number of halogens is 3. The van der Waals surface area contributed by atoms with Crippen LogP contribution in [-0.4, -0.2) is 6.10 Å². The third-order valence-electron chi connectivity index (χ3n) is 2.90. The number of hydrogen-bond donors (Lipinski definition) is 0. The lowest BCUT2D eigenvalue weighted by atomic mass is 10.2. The molecular weight excluding hydrogens is 278 g/mol. The minimum atomic E-state index is -0.557. The van der Waals surface area contributed by atoms with E-state index in [2.05, 4.69) is 15.9 Å². The first-order valence-electron chi connectivity index (χ1n) is 5.42. The van der Waals surface area contributed by atoms with Crippen LogP contribution in [0, 0.1) is 11.6 Å². The molecule has 4 heteroatoms. The molecule has 0 bridgehead atoms. The van der Waals surface area contributed by atoms with Crippen molar-refractivity contribution < 1.29 is 13.5 Å². The fraction of sp³-hybridized carbons (Fsp3) is 0.500. The van der Waals surface area contributed by atoms with Gasteiger partial charge in [0.2, 0.25) is 0 Å². The molecule has 16 heavy (non-hydrogen) atoms. The maximum atomic E-state index is 13.6. The van der Waals surface area contributed by atoms with E-state index >= 15 is 0 Å². The lowest BCUT2D eigenvalue weighted by Gasteiger charge is -2.12. The Kier molecular flexibility index (Phi) is 3.92. The molecule has 0 N–H and O–H groups in total. The lowest BCUT2D eigenvalue weighted by Crippen LogP contribution is -2.09. The van der Waals surface area contributed by atoms with Gasteiger partial charge in [-0.25, -0.2) is 8.78 Å². The molecule has 0 amide bonds. The van der Waals surface area contributed by atoms with Crippen molar-refractivity contribution in [2.45, 2.75) is 38.4 Å². The average Bonchev–Trinajstić information content (AvgIpc) is 2.77. The maximum absolute atomic E-state index is 13.6. The van der Waals surface area contributed by atoms with Gasteiger partial charge in [0.05, 0.1) is 22.7 Å². The van der Waals surface area contributed by atoms with E-state index in [1.54, 1.807) is 0 Å². The van der Waals surface area contributed by atoms with Crippen molar-refractivity contribution in [1.82, 2.24) is 0 Å². The van der Waals surface area contributed by atoms with E-state index in [0.717, 1.165) is 25.7 Å². The summed E-state index contributed by atoms with van der Waals surface area (Å²) in [6.07, 6.45) is 4.45. The smallest absolute Gasteiger partial charge is 0.145 e. The third kappa shape index (κ3) is 2.61. The van der Waals surface area contributed by atoms with Gasteiger partial charge in [-0.2, -0.15) is 0 Å². The normalized spacial score (nSPS) is 16.9. The second kappa shape index (κ2) is 5.23. The topological polar surface area (TPSA) is 9.23 Å². The molecule has 0 aromatic heterocycles. The minimum Gasteiger partial charge on any atom is -0.373 e. The highest BCUT2D eigenvalue weighted by atomic mass is 79.9. The largest absolute Gasteiger partial charge is 0.373 e. The summed E-state index contributed by atoms with van der Waals surface area (Å²) in [5, 5.41) is 0. The van der Waals surface area contributed by atoms with Crippen LogP contribution in [0.2, 0.25) is 0 Å². The first-order valence-corrected chi connectivity index (χ1v) is 6.22. The average molecular weight is 291 g/mol. The molecule has 0 atom stereocenters. The van der Waals surface area contributed by atoms with Gasteiger partial charge in [-0.3, -0.25) is 0 Å². The summed E-state index contributed by atoms with van der Waals surface area (Å²) >= 11 is 3.04. The zero-order chi connectivity index (χ0) is 11.5. The quantitative estimate of drug-likeness (QED) is 0.759. The van der Waals surface area contributed by atoms with Gasteiger partial charge in [-0.1, -0.05) is 12.8 Å². The highest BCUT2D eigenvalue weighted by molar-refractivity contribution is 9.10. The number of ether oxygens (including phenoxy) is 1. The van der Waals surface area contributed by atoms with Crippen molar-refractivity contribution >= 4 is 15.9 Å². The Balaban J connectivity index is 2.05. The van der Waals surface area contributed by atoms with Gasteiger partial charge in [0.25, 0.3) is 0 Å². The first-order chi connectivity index (χ1) is 7.68. The molecular formula is C12H13BrF2O. The summed E-state index contributed by atoms with van der Waals surface area (Å²) in [6, 6.07) is 2.62. The Bertz CT molecular complexity index is 376. The molecule has 0 radical (unpaired) electrons. The first kappa shape index (κ1) is 12.0. The van der Waals surface area contributed by atoms with Gasteiger partial charge in [-0.05, 0) is 40.9 Å². The molecule has 88 valence electrons. The van der Waals surface area contributed by atoms with E-state index in [9.17, 15) is 8.78 Å². The van der Waals surface area contributed by atoms with Gasteiger partial charge in [-0.15, -0.1) is 0 Å². The summed E-state index contributed by atoms with van der Waals surface area (Å²) in [6.45, 7) is 0.0156. The molecule has 0 heterocycles. The molecule has 0 saturated heterocycles. The monoisotopic (exact) mass is 290 g/mol. The van der Waals surface area contributed by atoms with E-state index in [-0.39, 0.29) is 22.7 Å². The Morgan fingerprint density at radius 1 is 1.25 bits per heavy atom. The van der Waals surface area contributed by atoms with E-state index in [4.69, 9.17) is 4.74 Å². The molecule has 1 aliphatic rings. The van der Waals surface area contributed by atoms with Gasteiger partial charge >= 0.3 is 0 Å². The van der Waals surface area contributed by atoms with Crippen LogP contribution in [0.5, 0.6) is 0 Å². The van der Waals surface area contributed by atoms with E-state index in [1.165, 1.54) is 12.1 Å². The Hall–Kier alpha value is -0.480. The molecule has 1 fully saturated rings. The van der Waals surface area contributed by atoms with Gasteiger partial charge < -0.3 is 4.74 Å². The molecule has 0 aliphatic heterocycles. The molecule has 1 aromatic rings.